The number of ether oxygens (including phenoxy) is 1. The molecule has 0 fully saturated rings. The minimum absolute atomic E-state index is 0.0853. The zero-order valence-corrected chi connectivity index (χ0v) is 19.1. The van der Waals surface area contributed by atoms with Gasteiger partial charge in [0.15, 0.2) is 0 Å². The molecule has 0 bridgehead atoms. The highest BCUT2D eigenvalue weighted by atomic mass is 16.5. The predicted octanol–water partition coefficient (Wildman–Crippen LogP) is 6.50. The van der Waals surface area contributed by atoms with Gasteiger partial charge in [-0.2, -0.15) is 0 Å². The number of aryl methyl sites for hydroxylation is 1. The first-order valence-electron chi connectivity index (χ1n) is 11.7. The molecule has 1 aromatic carbocycles. The summed E-state index contributed by atoms with van der Waals surface area (Å²) in [5.74, 6) is -3.19. The Kier molecular flexibility index (Phi) is 13.3. The lowest BCUT2D eigenvalue weighted by molar-refractivity contribution is 0.0487. The van der Waals surface area contributed by atoms with Gasteiger partial charge in [-0.25, -0.2) is 14.4 Å². The molecule has 0 radical (unpaired) electrons. The van der Waals surface area contributed by atoms with Crippen molar-refractivity contribution in [2.24, 2.45) is 0 Å². The Morgan fingerprint density at radius 2 is 1.29 bits per heavy atom. The van der Waals surface area contributed by atoms with Gasteiger partial charge in [-0.3, -0.25) is 0 Å². The van der Waals surface area contributed by atoms with Crippen molar-refractivity contribution < 1.29 is 29.3 Å². The number of unbranched alkanes of at least 4 members (excludes halogenated alkanes) is 10. The second-order valence-electron chi connectivity index (χ2n) is 8.09. The van der Waals surface area contributed by atoms with Crippen LogP contribution in [0, 0.1) is 0 Å². The summed E-state index contributed by atoms with van der Waals surface area (Å²) >= 11 is 0. The lowest BCUT2D eigenvalue weighted by Gasteiger charge is -2.13. The molecule has 6 heteroatoms. The van der Waals surface area contributed by atoms with Crippen LogP contribution in [0.3, 0.4) is 0 Å². The summed E-state index contributed by atoms with van der Waals surface area (Å²) in [6, 6.07) is 2.50. The molecule has 31 heavy (non-hydrogen) atoms. The van der Waals surface area contributed by atoms with Gasteiger partial charge in [-0.1, -0.05) is 78.1 Å². The number of hydrogen-bond acceptors (Lipinski definition) is 4. The Balaban J connectivity index is 2.87. The fraction of sp³-hybridized carbons (Fsp3) is 0.640. The molecule has 0 spiro atoms. The molecule has 1 aromatic rings. The molecule has 1 rings (SSSR count). The summed E-state index contributed by atoms with van der Waals surface area (Å²) in [7, 11) is 0. The summed E-state index contributed by atoms with van der Waals surface area (Å²) in [5.41, 5.74) is -0.000402. The van der Waals surface area contributed by atoms with Crippen LogP contribution in [-0.2, 0) is 11.2 Å². The molecule has 0 saturated heterocycles. The van der Waals surface area contributed by atoms with Gasteiger partial charge in [0.05, 0.1) is 23.3 Å². The van der Waals surface area contributed by atoms with E-state index in [0.29, 0.717) is 18.4 Å². The smallest absolute Gasteiger partial charge is 0.339 e. The zero-order valence-electron chi connectivity index (χ0n) is 19.1. The summed E-state index contributed by atoms with van der Waals surface area (Å²) in [5, 5.41) is 19.2. The Morgan fingerprint density at radius 1 is 0.742 bits per heavy atom. The minimum atomic E-state index is -1.23. The van der Waals surface area contributed by atoms with Crippen molar-refractivity contribution in [3.63, 3.8) is 0 Å². The zero-order chi connectivity index (χ0) is 23.1. The molecule has 6 nitrogen and oxygen atoms in total. The number of carbonyl (C=O) groups excluding carboxylic acids is 1. The number of benzene rings is 1. The first-order chi connectivity index (χ1) is 14.9. The number of carbonyl (C=O) groups is 3. The van der Waals surface area contributed by atoms with E-state index in [-0.39, 0.29) is 23.3 Å². The summed E-state index contributed by atoms with van der Waals surface area (Å²) < 4.78 is 5.27. The van der Waals surface area contributed by atoms with Crippen LogP contribution >= 0.6 is 0 Å². The predicted molar refractivity (Wildman–Crippen MR) is 121 cm³/mol. The van der Waals surface area contributed by atoms with Crippen molar-refractivity contribution in [3.05, 3.63) is 34.4 Å². The molecule has 0 amide bonds. The minimum Gasteiger partial charge on any atom is -0.478 e. The second kappa shape index (κ2) is 15.4. The Bertz CT molecular complexity index is 710. The molecular formula is C25H38O6. The van der Waals surface area contributed by atoms with Crippen molar-refractivity contribution in [2.75, 3.05) is 6.61 Å². The van der Waals surface area contributed by atoms with Crippen LogP contribution < -0.4 is 0 Å². The monoisotopic (exact) mass is 434 g/mol. The molecule has 0 aliphatic rings. The Labute approximate surface area is 186 Å². The summed E-state index contributed by atoms with van der Waals surface area (Å²) in [6.07, 6.45) is 12.9. The van der Waals surface area contributed by atoms with Crippen LogP contribution in [-0.4, -0.2) is 34.7 Å². The lowest BCUT2D eigenvalue weighted by atomic mass is 9.93. The number of hydrogen-bond donors (Lipinski definition) is 2. The Morgan fingerprint density at radius 3 is 1.84 bits per heavy atom. The van der Waals surface area contributed by atoms with Crippen molar-refractivity contribution in [3.8, 4) is 0 Å². The number of rotatable bonds is 17. The van der Waals surface area contributed by atoms with E-state index in [1.165, 1.54) is 25.3 Å². The standard InChI is InChI=1S/C25H38O6/c1-3-5-7-9-10-11-13-15-19-17-20(23(26)27)18-21(22(19)24(28)29)25(30)31-16-14-12-8-6-4-2/h17-18H,3-16H2,1-2H3,(H,26,27)(H,28,29). The quantitative estimate of drug-likeness (QED) is 0.214. The van der Waals surface area contributed by atoms with Crippen molar-refractivity contribution >= 4 is 17.9 Å². The third-order valence-corrected chi connectivity index (χ3v) is 5.43. The first kappa shape index (κ1) is 26.7. The fourth-order valence-corrected chi connectivity index (χ4v) is 3.66. The maximum Gasteiger partial charge on any atom is 0.339 e. The highest BCUT2D eigenvalue weighted by molar-refractivity contribution is 6.05. The van der Waals surface area contributed by atoms with E-state index in [0.717, 1.165) is 57.4 Å². The first-order valence-corrected chi connectivity index (χ1v) is 11.7. The number of carboxylic acid groups (broad SMARTS) is 2. The van der Waals surface area contributed by atoms with E-state index in [4.69, 9.17) is 4.74 Å². The fourth-order valence-electron chi connectivity index (χ4n) is 3.66. The normalized spacial score (nSPS) is 10.8. The van der Waals surface area contributed by atoms with E-state index in [2.05, 4.69) is 13.8 Å². The number of aromatic carboxylic acids is 2. The average Bonchev–Trinajstić information content (AvgIpc) is 2.74. The molecule has 0 unspecified atom stereocenters. The molecule has 174 valence electrons. The molecule has 0 aliphatic heterocycles. The van der Waals surface area contributed by atoms with Crippen molar-refractivity contribution in [1.29, 1.82) is 0 Å². The average molecular weight is 435 g/mol. The molecule has 0 saturated carbocycles. The largest absolute Gasteiger partial charge is 0.478 e. The van der Waals surface area contributed by atoms with Gasteiger partial charge in [0.2, 0.25) is 0 Å². The lowest BCUT2D eigenvalue weighted by Crippen LogP contribution is -2.17. The second-order valence-corrected chi connectivity index (χ2v) is 8.09. The Hall–Kier alpha value is -2.37. The summed E-state index contributed by atoms with van der Waals surface area (Å²) in [4.78, 5) is 36.1. The molecule has 0 aliphatic carbocycles. The van der Waals surface area contributed by atoms with Gasteiger partial charge in [-0.15, -0.1) is 0 Å². The molecule has 0 heterocycles. The van der Waals surface area contributed by atoms with E-state index in [9.17, 15) is 24.6 Å². The van der Waals surface area contributed by atoms with E-state index in [1.807, 2.05) is 0 Å². The SMILES string of the molecule is CCCCCCCCCc1cc(C(=O)O)cc(C(=O)OCCCCCCC)c1C(=O)O. The van der Waals surface area contributed by atoms with Crippen molar-refractivity contribution in [1.82, 2.24) is 0 Å². The van der Waals surface area contributed by atoms with Crippen LogP contribution in [0.4, 0.5) is 0 Å². The number of carboxylic acids is 2. The van der Waals surface area contributed by atoms with E-state index < -0.39 is 17.9 Å². The van der Waals surface area contributed by atoms with Crippen LogP contribution in [0.15, 0.2) is 12.1 Å². The maximum absolute atomic E-state index is 12.6. The summed E-state index contributed by atoms with van der Waals surface area (Å²) in [6.45, 7) is 4.48. The van der Waals surface area contributed by atoms with Gasteiger partial charge in [0.1, 0.15) is 0 Å². The molecular weight excluding hydrogens is 396 g/mol. The van der Waals surface area contributed by atoms with Gasteiger partial charge in [0.25, 0.3) is 0 Å². The molecule has 0 atom stereocenters. The van der Waals surface area contributed by atoms with Crippen LogP contribution in [0.1, 0.15) is 128 Å². The van der Waals surface area contributed by atoms with Gasteiger partial charge < -0.3 is 14.9 Å². The topological polar surface area (TPSA) is 101 Å². The highest BCUT2D eigenvalue weighted by Crippen LogP contribution is 2.22. The molecule has 0 aromatic heterocycles. The van der Waals surface area contributed by atoms with Crippen LogP contribution in [0.2, 0.25) is 0 Å². The third-order valence-electron chi connectivity index (χ3n) is 5.43. The van der Waals surface area contributed by atoms with Crippen LogP contribution in [0.25, 0.3) is 0 Å². The van der Waals surface area contributed by atoms with Gasteiger partial charge in [0, 0.05) is 0 Å². The molecule has 2 N–H and O–H groups in total. The maximum atomic E-state index is 12.6. The van der Waals surface area contributed by atoms with Gasteiger partial charge in [-0.05, 0) is 37.0 Å². The van der Waals surface area contributed by atoms with Crippen molar-refractivity contribution in [2.45, 2.75) is 97.3 Å². The number of esters is 1. The van der Waals surface area contributed by atoms with E-state index in [1.54, 1.807) is 0 Å². The highest BCUT2D eigenvalue weighted by Gasteiger charge is 2.24. The van der Waals surface area contributed by atoms with E-state index >= 15 is 0 Å². The third kappa shape index (κ3) is 9.99. The van der Waals surface area contributed by atoms with Crippen LogP contribution in [0.5, 0.6) is 0 Å². The van der Waals surface area contributed by atoms with Gasteiger partial charge >= 0.3 is 17.9 Å².